The van der Waals surface area contributed by atoms with Gasteiger partial charge in [-0.15, -0.1) is 0 Å². The molecule has 0 radical (unpaired) electrons. The average Bonchev–Trinajstić information content (AvgIpc) is 3.34. The molecule has 0 bridgehead atoms. The maximum Gasteiger partial charge on any atom is 0.422 e. The van der Waals surface area contributed by atoms with Crippen molar-refractivity contribution >= 4 is 22.0 Å². The molecule has 2 aliphatic heterocycles. The zero-order valence-electron chi connectivity index (χ0n) is 24.0. The number of rotatable bonds is 5. The standard InChI is InChI=1S/C28H30BrF4N5O6/c1-14-34-24(38(37-14)19-11-17(29)18(30)10-16(19)28(31,32)33)27-21(13-42-23(43-27)15-8-6-5-7-9-15)41-12-20(39)22(27)35-36-25(40)44-26(2,3)4/h5-11,20-23,35,39H,12-13H2,1-4H3,(H,36,40)/t20-,21+,22+,23?,27+/m0/s1. The Balaban J connectivity index is 1.71. The SMILES string of the molecule is Cc1nc([C@@]23OC(c4ccccc4)OC[C@H]2OC[C@H](O)[C@H]3NNC(=O)OC(C)(C)C)n(-c2cc(Br)c(F)cc2C(F)(F)F)n1. The van der Waals surface area contributed by atoms with Crippen molar-refractivity contribution in [3.05, 3.63) is 75.5 Å². The van der Waals surface area contributed by atoms with Crippen LogP contribution in [0, 0.1) is 12.7 Å². The topological polar surface area (TPSA) is 129 Å². The van der Waals surface area contributed by atoms with Crippen molar-refractivity contribution in [1.82, 2.24) is 25.6 Å². The third kappa shape index (κ3) is 6.32. The predicted molar refractivity (Wildman–Crippen MR) is 149 cm³/mol. The molecule has 16 heteroatoms. The number of nitrogens with one attached hydrogen (secondary N) is 2. The van der Waals surface area contributed by atoms with E-state index in [1.807, 2.05) is 0 Å². The van der Waals surface area contributed by atoms with Crippen molar-refractivity contribution in [2.45, 2.75) is 69.6 Å². The molecule has 2 fully saturated rings. The molecule has 2 aliphatic rings. The number of hydrogen-bond acceptors (Lipinski definition) is 9. The minimum atomic E-state index is -4.99. The molecule has 1 unspecified atom stereocenters. The van der Waals surface area contributed by atoms with E-state index in [2.05, 4.69) is 36.9 Å². The Kier molecular flexibility index (Phi) is 8.78. The van der Waals surface area contributed by atoms with E-state index in [1.165, 1.54) is 6.92 Å². The highest BCUT2D eigenvalue weighted by molar-refractivity contribution is 9.10. The molecule has 3 heterocycles. The van der Waals surface area contributed by atoms with Gasteiger partial charge in [-0.25, -0.2) is 24.3 Å². The maximum absolute atomic E-state index is 14.4. The lowest BCUT2D eigenvalue weighted by molar-refractivity contribution is -0.351. The summed E-state index contributed by atoms with van der Waals surface area (Å²) in [5, 5.41) is 15.5. The second kappa shape index (κ2) is 12.0. The van der Waals surface area contributed by atoms with Crippen molar-refractivity contribution in [3.63, 3.8) is 0 Å². The number of hydrogen-bond donors (Lipinski definition) is 3. The summed E-state index contributed by atoms with van der Waals surface area (Å²) in [4.78, 5) is 17.1. The number of aliphatic hydroxyl groups excluding tert-OH is 1. The maximum atomic E-state index is 14.4. The van der Waals surface area contributed by atoms with Gasteiger partial charge in [0.2, 0.25) is 0 Å². The van der Waals surface area contributed by atoms with E-state index in [-0.39, 0.29) is 29.3 Å². The second-order valence-electron chi connectivity index (χ2n) is 11.3. The van der Waals surface area contributed by atoms with Gasteiger partial charge in [0.15, 0.2) is 17.7 Å². The van der Waals surface area contributed by atoms with Gasteiger partial charge in [0, 0.05) is 5.56 Å². The van der Waals surface area contributed by atoms with Crippen molar-refractivity contribution in [2.75, 3.05) is 13.2 Å². The van der Waals surface area contributed by atoms with Crippen LogP contribution >= 0.6 is 15.9 Å². The van der Waals surface area contributed by atoms with Gasteiger partial charge in [0.25, 0.3) is 0 Å². The summed E-state index contributed by atoms with van der Waals surface area (Å²) in [7, 11) is 0. The Bertz CT molecular complexity index is 1520. The number of aliphatic hydroxyl groups is 1. The summed E-state index contributed by atoms with van der Waals surface area (Å²) in [5.74, 6) is -1.33. The number of aromatic nitrogens is 3. The molecule has 2 aromatic carbocycles. The summed E-state index contributed by atoms with van der Waals surface area (Å²) < 4.78 is 81.7. The second-order valence-corrected chi connectivity index (χ2v) is 12.2. The minimum Gasteiger partial charge on any atom is -0.443 e. The number of hydrazine groups is 1. The molecule has 0 saturated carbocycles. The van der Waals surface area contributed by atoms with Gasteiger partial charge < -0.3 is 24.1 Å². The minimum absolute atomic E-state index is 0.0342. The summed E-state index contributed by atoms with van der Waals surface area (Å²) in [6.45, 7) is 6.01. The van der Waals surface area contributed by atoms with Gasteiger partial charge in [-0.1, -0.05) is 30.3 Å². The Labute approximate surface area is 257 Å². The average molecular weight is 688 g/mol. The van der Waals surface area contributed by atoms with Crippen LogP contribution in [0.3, 0.4) is 0 Å². The van der Waals surface area contributed by atoms with Gasteiger partial charge >= 0.3 is 12.3 Å². The number of amides is 1. The van der Waals surface area contributed by atoms with Gasteiger partial charge in [-0.2, -0.15) is 18.3 Å². The first-order valence-corrected chi connectivity index (χ1v) is 14.3. The Morgan fingerprint density at radius 3 is 2.52 bits per heavy atom. The van der Waals surface area contributed by atoms with E-state index < -0.39 is 65.1 Å². The molecule has 238 valence electrons. The third-order valence-electron chi connectivity index (χ3n) is 6.93. The predicted octanol–water partition coefficient (Wildman–Crippen LogP) is 4.59. The Morgan fingerprint density at radius 2 is 1.86 bits per heavy atom. The van der Waals surface area contributed by atoms with Crippen molar-refractivity contribution in [3.8, 4) is 5.69 Å². The first-order chi connectivity index (χ1) is 20.6. The van der Waals surface area contributed by atoms with Crippen molar-refractivity contribution in [2.24, 2.45) is 0 Å². The van der Waals surface area contributed by atoms with E-state index >= 15 is 0 Å². The number of carbonyl (C=O) groups excluding carboxylic acids is 1. The van der Waals surface area contributed by atoms with Crippen molar-refractivity contribution < 1.29 is 46.4 Å². The first-order valence-electron chi connectivity index (χ1n) is 13.5. The highest BCUT2D eigenvalue weighted by atomic mass is 79.9. The van der Waals surface area contributed by atoms with Crippen LogP contribution < -0.4 is 10.9 Å². The lowest BCUT2D eigenvalue weighted by Gasteiger charge is -2.53. The number of aryl methyl sites for hydroxylation is 1. The van der Waals surface area contributed by atoms with Gasteiger partial charge in [0.05, 0.1) is 41.1 Å². The van der Waals surface area contributed by atoms with Crippen LogP contribution in [0.2, 0.25) is 0 Å². The number of halogens is 5. The van der Waals surface area contributed by atoms with E-state index in [1.54, 1.807) is 51.1 Å². The number of benzene rings is 2. The van der Waals surface area contributed by atoms with Crippen LogP contribution in [0.25, 0.3) is 5.69 Å². The van der Waals surface area contributed by atoms with Gasteiger partial charge in [0.1, 0.15) is 23.3 Å². The molecule has 44 heavy (non-hydrogen) atoms. The Hall–Kier alpha value is -3.15. The van der Waals surface area contributed by atoms with Gasteiger partial charge in [-0.3, -0.25) is 5.43 Å². The zero-order chi connectivity index (χ0) is 32.0. The fourth-order valence-electron chi connectivity index (χ4n) is 5.16. The molecular formula is C28H30BrF4N5O6. The van der Waals surface area contributed by atoms with Crippen LogP contribution in [-0.2, 0) is 30.7 Å². The van der Waals surface area contributed by atoms with Crippen molar-refractivity contribution in [1.29, 1.82) is 0 Å². The van der Waals surface area contributed by atoms with Crippen LogP contribution in [0.4, 0.5) is 22.4 Å². The molecule has 2 saturated heterocycles. The van der Waals surface area contributed by atoms with E-state index in [4.69, 9.17) is 18.9 Å². The molecule has 1 amide bonds. The fraction of sp³-hybridized carbons (Fsp3) is 0.464. The molecule has 3 aromatic rings. The van der Waals surface area contributed by atoms with E-state index in [0.717, 1.165) is 10.7 Å². The summed E-state index contributed by atoms with van der Waals surface area (Å²) in [6, 6.07) is 8.67. The number of nitrogens with zero attached hydrogens (tertiary/aromatic N) is 3. The first kappa shape index (κ1) is 32.2. The quantitative estimate of drug-likeness (QED) is 0.261. The zero-order valence-corrected chi connectivity index (χ0v) is 25.6. The number of ether oxygens (including phenoxy) is 4. The molecule has 0 aliphatic carbocycles. The molecule has 11 nitrogen and oxygen atoms in total. The van der Waals surface area contributed by atoms with Crippen LogP contribution in [0.5, 0.6) is 0 Å². The number of alkyl halides is 3. The smallest absolute Gasteiger partial charge is 0.422 e. The normalized spacial score (nSPS) is 25.8. The van der Waals surface area contributed by atoms with Crippen LogP contribution in [0.15, 0.2) is 46.9 Å². The summed E-state index contributed by atoms with van der Waals surface area (Å²) >= 11 is 2.97. The monoisotopic (exact) mass is 687 g/mol. The molecular weight excluding hydrogens is 658 g/mol. The van der Waals surface area contributed by atoms with Gasteiger partial charge in [-0.05, 0) is 55.8 Å². The van der Waals surface area contributed by atoms with E-state index in [9.17, 15) is 27.5 Å². The van der Waals surface area contributed by atoms with Crippen LogP contribution in [-0.4, -0.2) is 63.0 Å². The fourth-order valence-corrected chi connectivity index (χ4v) is 5.49. The lowest BCUT2D eigenvalue weighted by atomic mass is 9.80. The number of fused-ring (bicyclic) bond motifs is 1. The Morgan fingerprint density at radius 1 is 1.16 bits per heavy atom. The van der Waals surface area contributed by atoms with Crippen LogP contribution in [0.1, 0.15) is 49.8 Å². The third-order valence-corrected chi connectivity index (χ3v) is 7.54. The molecule has 5 atom stereocenters. The lowest BCUT2D eigenvalue weighted by Crippen LogP contribution is -2.72. The molecule has 0 spiro atoms. The highest BCUT2D eigenvalue weighted by Crippen LogP contribution is 2.47. The van der Waals surface area contributed by atoms with E-state index in [0.29, 0.717) is 11.6 Å². The summed E-state index contributed by atoms with van der Waals surface area (Å²) in [6.07, 6.45) is -9.48. The molecule has 5 rings (SSSR count). The highest BCUT2D eigenvalue weighted by Gasteiger charge is 2.62. The largest absolute Gasteiger partial charge is 0.443 e. The molecule has 1 aromatic heterocycles. The number of carbonyl (C=O) groups is 1. The summed E-state index contributed by atoms with van der Waals surface area (Å²) in [5.41, 5.74) is 0.977. The molecule has 3 N–H and O–H groups in total.